The van der Waals surface area contributed by atoms with Crippen LogP contribution in [0.3, 0.4) is 0 Å². The highest BCUT2D eigenvalue weighted by Gasteiger charge is 2.24. The lowest BCUT2D eigenvalue weighted by molar-refractivity contribution is 0.0955. The van der Waals surface area contributed by atoms with E-state index in [9.17, 15) is 13.2 Å². The van der Waals surface area contributed by atoms with Crippen molar-refractivity contribution in [2.45, 2.75) is 11.8 Å². The molecule has 0 aliphatic rings. The molecule has 1 amide bonds. The Balaban J connectivity index is 3.12. The standard InChI is InChI=1S/C13H20N2O5S/c1-2-14-13(18)11-4-3-5-12(10-11)21(19,20)15(6-8-16)7-9-17/h3-5,10,16-17H,2,6-9H2,1H3,(H,14,18). The van der Waals surface area contributed by atoms with Gasteiger partial charge in [-0.15, -0.1) is 0 Å². The Morgan fingerprint density at radius 3 is 2.38 bits per heavy atom. The lowest BCUT2D eigenvalue weighted by atomic mass is 10.2. The molecular weight excluding hydrogens is 296 g/mol. The molecule has 0 heterocycles. The first-order valence-corrected chi connectivity index (χ1v) is 8.01. The van der Waals surface area contributed by atoms with Gasteiger partial charge in [0.15, 0.2) is 0 Å². The van der Waals surface area contributed by atoms with Crippen LogP contribution in [0.1, 0.15) is 17.3 Å². The molecule has 8 heteroatoms. The third-order valence-corrected chi connectivity index (χ3v) is 4.66. The average Bonchev–Trinajstić information content (AvgIpc) is 2.47. The van der Waals surface area contributed by atoms with E-state index in [1.165, 1.54) is 24.3 Å². The molecule has 7 nitrogen and oxygen atoms in total. The van der Waals surface area contributed by atoms with Crippen molar-refractivity contribution in [2.24, 2.45) is 0 Å². The van der Waals surface area contributed by atoms with Crippen LogP contribution >= 0.6 is 0 Å². The van der Waals surface area contributed by atoms with Crippen LogP contribution in [0.2, 0.25) is 0 Å². The Hall–Kier alpha value is -1.48. The minimum absolute atomic E-state index is 0.0480. The van der Waals surface area contributed by atoms with Gasteiger partial charge in [-0.3, -0.25) is 4.79 Å². The van der Waals surface area contributed by atoms with Crippen molar-refractivity contribution in [2.75, 3.05) is 32.8 Å². The van der Waals surface area contributed by atoms with Crippen LogP contribution in [0, 0.1) is 0 Å². The van der Waals surface area contributed by atoms with Crippen molar-refractivity contribution in [1.82, 2.24) is 9.62 Å². The fourth-order valence-corrected chi connectivity index (χ4v) is 3.25. The molecule has 0 saturated heterocycles. The van der Waals surface area contributed by atoms with Gasteiger partial charge in [-0.2, -0.15) is 4.31 Å². The summed E-state index contributed by atoms with van der Waals surface area (Å²) in [7, 11) is -3.86. The van der Waals surface area contributed by atoms with Crippen LogP contribution in [-0.2, 0) is 10.0 Å². The Morgan fingerprint density at radius 1 is 1.24 bits per heavy atom. The van der Waals surface area contributed by atoms with E-state index in [4.69, 9.17) is 10.2 Å². The highest BCUT2D eigenvalue weighted by atomic mass is 32.2. The normalized spacial score (nSPS) is 11.6. The molecule has 0 bridgehead atoms. The van der Waals surface area contributed by atoms with Gasteiger partial charge in [-0.05, 0) is 25.1 Å². The number of hydrogen-bond acceptors (Lipinski definition) is 5. The van der Waals surface area contributed by atoms with Gasteiger partial charge >= 0.3 is 0 Å². The summed E-state index contributed by atoms with van der Waals surface area (Å²) >= 11 is 0. The number of nitrogens with zero attached hydrogens (tertiary/aromatic N) is 1. The van der Waals surface area contributed by atoms with Crippen molar-refractivity contribution in [3.05, 3.63) is 29.8 Å². The molecule has 0 saturated carbocycles. The maximum atomic E-state index is 12.4. The smallest absolute Gasteiger partial charge is 0.251 e. The molecule has 3 N–H and O–H groups in total. The SMILES string of the molecule is CCNC(=O)c1cccc(S(=O)(=O)N(CCO)CCO)c1. The second-order valence-electron chi connectivity index (χ2n) is 4.24. The number of rotatable bonds is 8. The highest BCUT2D eigenvalue weighted by Crippen LogP contribution is 2.17. The van der Waals surface area contributed by atoms with E-state index < -0.39 is 10.0 Å². The van der Waals surface area contributed by atoms with E-state index >= 15 is 0 Å². The van der Waals surface area contributed by atoms with E-state index in [1.807, 2.05) is 0 Å². The number of hydrogen-bond donors (Lipinski definition) is 3. The lowest BCUT2D eigenvalue weighted by Crippen LogP contribution is -2.36. The molecule has 1 aromatic rings. The topological polar surface area (TPSA) is 107 Å². The minimum Gasteiger partial charge on any atom is -0.395 e. The maximum absolute atomic E-state index is 12.4. The third kappa shape index (κ3) is 4.50. The van der Waals surface area contributed by atoms with E-state index in [0.29, 0.717) is 6.54 Å². The summed E-state index contributed by atoms with van der Waals surface area (Å²) in [5.41, 5.74) is 0.242. The van der Waals surface area contributed by atoms with Gasteiger partial charge in [0.1, 0.15) is 0 Å². The summed E-state index contributed by atoms with van der Waals surface area (Å²) < 4.78 is 25.8. The molecule has 1 aromatic carbocycles. The molecule has 118 valence electrons. The lowest BCUT2D eigenvalue weighted by Gasteiger charge is -2.20. The van der Waals surface area contributed by atoms with Crippen LogP contribution in [0.5, 0.6) is 0 Å². The summed E-state index contributed by atoms with van der Waals surface area (Å²) in [6.07, 6.45) is 0. The van der Waals surface area contributed by atoms with Gasteiger partial charge in [0.25, 0.3) is 5.91 Å². The van der Waals surface area contributed by atoms with Crippen LogP contribution in [0.25, 0.3) is 0 Å². The van der Waals surface area contributed by atoms with E-state index in [2.05, 4.69) is 5.32 Å². The first kappa shape index (κ1) is 17.6. The maximum Gasteiger partial charge on any atom is 0.251 e. The van der Waals surface area contributed by atoms with Gasteiger partial charge in [0, 0.05) is 25.2 Å². The van der Waals surface area contributed by atoms with Crippen molar-refractivity contribution < 1.29 is 23.4 Å². The molecule has 1 rings (SSSR count). The summed E-state index contributed by atoms with van der Waals surface area (Å²) in [6, 6.07) is 5.65. The molecule has 0 aliphatic carbocycles. The number of amides is 1. The first-order valence-electron chi connectivity index (χ1n) is 6.57. The Kier molecular flexibility index (Phi) is 6.76. The van der Waals surface area contributed by atoms with Crippen molar-refractivity contribution in [3.63, 3.8) is 0 Å². The zero-order valence-electron chi connectivity index (χ0n) is 11.8. The zero-order valence-corrected chi connectivity index (χ0v) is 12.6. The number of aliphatic hydroxyl groups excluding tert-OH is 2. The van der Waals surface area contributed by atoms with Gasteiger partial charge in [-0.25, -0.2) is 8.42 Å². The summed E-state index contributed by atoms with van der Waals surface area (Å²) in [5.74, 6) is -0.356. The molecule has 0 radical (unpaired) electrons. The molecule has 21 heavy (non-hydrogen) atoms. The Labute approximate surface area is 124 Å². The highest BCUT2D eigenvalue weighted by molar-refractivity contribution is 7.89. The molecule has 0 atom stereocenters. The van der Waals surface area contributed by atoms with Crippen LogP contribution in [-0.4, -0.2) is 61.7 Å². The first-order chi connectivity index (χ1) is 9.97. The molecule has 0 aromatic heterocycles. The quantitative estimate of drug-likeness (QED) is 0.594. The number of sulfonamides is 1. The van der Waals surface area contributed by atoms with E-state index in [0.717, 1.165) is 4.31 Å². The Bertz CT molecular complexity index is 568. The second-order valence-corrected chi connectivity index (χ2v) is 6.18. The van der Waals surface area contributed by atoms with Crippen molar-refractivity contribution in [3.8, 4) is 0 Å². The predicted octanol–water partition coefficient (Wildman–Crippen LogP) is -0.588. The van der Waals surface area contributed by atoms with Crippen LogP contribution in [0.4, 0.5) is 0 Å². The van der Waals surface area contributed by atoms with E-state index in [-0.39, 0.29) is 42.7 Å². The predicted molar refractivity (Wildman–Crippen MR) is 77.4 cm³/mol. The molecule has 0 aliphatic heterocycles. The minimum atomic E-state index is -3.86. The number of carbonyl (C=O) groups is 1. The summed E-state index contributed by atoms with van der Waals surface area (Å²) in [5, 5.41) is 20.5. The fourth-order valence-electron chi connectivity index (χ4n) is 1.78. The number of carbonyl (C=O) groups excluding carboxylic acids is 1. The molecule has 0 fully saturated rings. The molecular formula is C13H20N2O5S. The second kappa shape index (κ2) is 8.08. The van der Waals surface area contributed by atoms with Crippen LogP contribution in [0.15, 0.2) is 29.2 Å². The zero-order chi connectivity index (χ0) is 15.9. The van der Waals surface area contributed by atoms with E-state index in [1.54, 1.807) is 6.92 Å². The summed E-state index contributed by atoms with van der Waals surface area (Å²) in [6.45, 7) is 1.27. The third-order valence-electron chi connectivity index (χ3n) is 2.77. The molecule has 0 unspecified atom stereocenters. The van der Waals surface area contributed by atoms with Gasteiger partial charge < -0.3 is 15.5 Å². The van der Waals surface area contributed by atoms with Gasteiger partial charge in [-0.1, -0.05) is 6.07 Å². The number of benzene rings is 1. The number of nitrogens with one attached hydrogen (secondary N) is 1. The van der Waals surface area contributed by atoms with Crippen molar-refractivity contribution >= 4 is 15.9 Å². The van der Waals surface area contributed by atoms with Crippen molar-refractivity contribution in [1.29, 1.82) is 0 Å². The number of aliphatic hydroxyl groups is 2. The largest absolute Gasteiger partial charge is 0.395 e. The molecule has 0 spiro atoms. The average molecular weight is 316 g/mol. The van der Waals surface area contributed by atoms with Crippen LogP contribution < -0.4 is 5.32 Å². The fraction of sp³-hybridized carbons (Fsp3) is 0.462. The van der Waals surface area contributed by atoms with Gasteiger partial charge in [0.2, 0.25) is 10.0 Å². The Morgan fingerprint density at radius 2 is 1.86 bits per heavy atom. The van der Waals surface area contributed by atoms with Gasteiger partial charge in [0.05, 0.1) is 18.1 Å². The summed E-state index contributed by atoms with van der Waals surface area (Å²) in [4.78, 5) is 11.7. The monoisotopic (exact) mass is 316 g/mol.